The second kappa shape index (κ2) is 9.70. The zero-order valence-electron chi connectivity index (χ0n) is 13.9. The van der Waals surface area contributed by atoms with Gasteiger partial charge in [0.15, 0.2) is 0 Å². The monoisotopic (exact) mass is 394 g/mol. The topological polar surface area (TPSA) is 122 Å². The first-order valence-electron chi connectivity index (χ1n) is 7.26. The van der Waals surface area contributed by atoms with E-state index in [0.29, 0.717) is 12.5 Å². The summed E-state index contributed by atoms with van der Waals surface area (Å²) in [6.45, 7) is 2.52. The highest BCUT2D eigenvalue weighted by atomic mass is 32.1. The maximum absolute atomic E-state index is 11.6. The number of carbonyl (C=O) groups excluding carboxylic acids is 1. The molecule has 0 fully saturated rings. The van der Waals surface area contributed by atoms with Crippen molar-refractivity contribution in [3.8, 4) is 0 Å². The molecule has 2 aromatic heterocycles. The van der Waals surface area contributed by atoms with Crippen molar-refractivity contribution < 1.29 is 27.9 Å². The summed E-state index contributed by atoms with van der Waals surface area (Å²) in [7, 11) is 1.80. The normalized spacial score (nSPS) is 10.7. The van der Waals surface area contributed by atoms with Gasteiger partial charge in [-0.25, -0.2) is 14.6 Å². The fourth-order valence-electron chi connectivity index (χ4n) is 1.58. The molecule has 0 saturated heterocycles. The minimum Gasteiger partial charge on any atom is -0.475 e. The molecule has 9 nitrogen and oxygen atoms in total. The molecule has 0 bridgehead atoms. The van der Waals surface area contributed by atoms with Crippen LogP contribution in [0.15, 0.2) is 11.6 Å². The van der Waals surface area contributed by atoms with E-state index in [1.165, 1.54) is 0 Å². The third kappa shape index (κ3) is 7.46. The number of amides is 2. The number of carbonyl (C=O) groups is 2. The van der Waals surface area contributed by atoms with Gasteiger partial charge in [-0.3, -0.25) is 10.00 Å². The van der Waals surface area contributed by atoms with Gasteiger partial charge >= 0.3 is 18.2 Å². The van der Waals surface area contributed by atoms with E-state index < -0.39 is 12.1 Å². The molecule has 2 heterocycles. The minimum atomic E-state index is -5.08. The fourth-order valence-corrected chi connectivity index (χ4v) is 2.20. The third-order valence-corrected chi connectivity index (χ3v) is 3.58. The van der Waals surface area contributed by atoms with E-state index in [1.54, 1.807) is 29.3 Å². The molecule has 26 heavy (non-hydrogen) atoms. The molecule has 0 aliphatic rings. The Morgan fingerprint density at radius 3 is 2.50 bits per heavy atom. The van der Waals surface area contributed by atoms with Gasteiger partial charge in [0.2, 0.25) is 5.95 Å². The minimum absolute atomic E-state index is 0.301. The van der Waals surface area contributed by atoms with Crippen molar-refractivity contribution in [2.75, 3.05) is 11.9 Å². The quantitative estimate of drug-likeness (QED) is 0.711. The highest BCUT2D eigenvalue weighted by Crippen LogP contribution is 2.13. The Bertz CT molecular complexity index is 717. The molecule has 144 valence electrons. The largest absolute Gasteiger partial charge is 0.490 e. The van der Waals surface area contributed by atoms with E-state index in [1.807, 2.05) is 12.3 Å². The standard InChI is InChI=1S/C11H16N6OS.C2HF3O2/c1-3-8-14-10(16-17(8)2)15-11(18)13-5-4-9-12-6-7-19-9;3-2(4,5)1(6)7/h6-7H,3-5H2,1-2H3,(H2,13,15,16,18);(H,6,7). The Hall–Kier alpha value is -2.70. The van der Waals surface area contributed by atoms with Crippen LogP contribution in [-0.4, -0.2) is 49.6 Å². The van der Waals surface area contributed by atoms with Crippen LogP contribution < -0.4 is 10.6 Å². The molecule has 0 radical (unpaired) electrons. The van der Waals surface area contributed by atoms with Crippen molar-refractivity contribution in [1.29, 1.82) is 0 Å². The van der Waals surface area contributed by atoms with Crippen molar-refractivity contribution in [3.05, 3.63) is 22.4 Å². The Labute approximate surface area is 150 Å². The highest BCUT2D eigenvalue weighted by Gasteiger charge is 2.38. The number of rotatable bonds is 5. The van der Waals surface area contributed by atoms with Crippen LogP contribution in [0, 0.1) is 0 Å². The molecule has 2 rings (SSSR count). The van der Waals surface area contributed by atoms with E-state index in [2.05, 4.69) is 25.7 Å². The summed E-state index contributed by atoms with van der Waals surface area (Å²) in [5.74, 6) is -1.60. The summed E-state index contributed by atoms with van der Waals surface area (Å²) >= 11 is 1.58. The number of nitrogens with one attached hydrogen (secondary N) is 2. The van der Waals surface area contributed by atoms with E-state index in [0.717, 1.165) is 23.7 Å². The SMILES string of the molecule is CCc1nc(NC(=O)NCCc2nccs2)nn1C.O=C(O)C(F)(F)F. The molecule has 2 amide bonds. The van der Waals surface area contributed by atoms with Crippen LogP contribution >= 0.6 is 11.3 Å². The van der Waals surface area contributed by atoms with E-state index >= 15 is 0 Å². The zero-order chi connectivity index (χ0) is 19.7. The summed E-state index contributed by atoms with van der Waals surface area (Å²) < 4.78 is 33.4. The molecule has 0 aliphatic carbocycles. The lowest BCUT2D eigenvalue weighted by Gasteiger charge is -2.03. The lowest BCUT2D eigenvalue weighted by Crippen LogP contribution is -2.30. The van der Waals surface area contributed by atoms with Gasteiger partial charge in [0.25, 0.3) is 0 Å². The number of nitrogens with zero attached hydrogens (tertiary/aromatic N) is 4. The van der Waals surface area contributed by atoms with Crippen LogP contribution in [0.5, 0.6) is 0 Å². The lowest BCUT2D eigenvalue weighted by atomic mass is 10.4. The van der Waals surface area contributed by atoms with Gasteiger partial charge in [0, 0.05) is 38.0 Å². The van der Waals surface area contributed by atoms with Crippen LogP contribution in [0.2, 0.25) is 0 Å². The molecule has 0 unspecified atom stereocenters. The molecular formula is C13H17F3N6O3S. The molecule has 0 aliphatic heterocycles. The summed E-state index contributed by atoms with van der Waals surface area (Å²) in [5, 5.41) is 19.5. The van der Waals surface area contributed by atoms with E-state index in [-0.39, 0.29) is 6.03 Å². The van der Waals surface area contributed by atoms with Gasteiger partial charge in [0.05, 0.1) is 5.01 Å². The van der Waals surface area contributed by atoms with Crippen molar-refractivity contribution in [2.24, 2.45) is 7.05 Å². The van der Waals surface area contributed by atoms with Crippen LogP contribution in [0.3, 0.4) is 0 Å². The Morgan fingerprint density at radius 2 is 2.04 bits per heavy atom. The molecule has 0 atom stereocenters. The lowest BCUT2D eigenvalue weighted by molar-refractivity contribution is -0.192. The predicted octanol–water partition coefficient (Wildman–Crippen LogP) is 1.83. The first kappa shape index (κ1) is 21.3. The summed E-state index contributed by atoms with van der Waals surface area (Å²) in [6, 6.07) is -0.301. The summed E-state index contributed by atoms with van der Waals surface area (Å²) in [6.07, 6.45) is -1.83. The molecule has 0 spiro atoms. The molecule has 0 saturated carbocycles. The van der Waals surface area contributed by atoms with Crippen molar-refractivity contribution in [3.63, 3.8) is 0 Å². The predicted molar refractivity (Wildman–Crippen MR) is 86.9 cm³/mol. The number of aromatic nitrogens is 4. The number of urea groups is 1. The van der Waals surface area contributed by atoms with Crippen molar-refractivity contribution in [1.82, 2.24) is 25.1 Å². The maximum Gasteiger partial charge on any atom is 0.490 e. The Balaban J connectivity index is 0.000000412. The van der Waals surface area contributed by atoms with Crippen LogP contribution in [0.1, 0.15) is 17.8 Å². The number of hydrogen-bond acceptors (Lipinski definition) is 6. The van der Waals surface area contributed by atoms with E-state index in [9.17, 15) is 18.0 Å². The number of aliphatic carboxylic acids is 1. The molecule has 3 N–H and O–H groups in total. The van der Waals surface area contributed by atoms with Gasteiger partial charge in [-0.2, -0.15) is 18.2 Å². The molecule has 0 aromatic carbocycles. The maximum atomic E-state index is 11.6. The Morgan fingerprint density at radius 1 is 1.38 bits per heavy atom. The average Bonchev–Trinajstić information content (AvgIpc) is 3.16. The summed E-state index contributed by atoms with van der Waals surface area (Å²) in [4.78, 5) is 28.9. The van der Waals surface area contributed by atoms with Crippen LogP contribution in [0.25, 0.3) is 0 Å². The second-order valence-corrected chi connectivity index (χ2v) is 5.67. The number of anilines is 1. The second-order valence-electron chi connectivity index (χ2n) is 4.69. The van der Waals surface area contributed by atoms with Gasteiger partial charge in [-0.05, 0) is 0 Å². The number of carboxylic acid groups (broad SMARTS) is 1. The number of thiazole rings is 1. The number of aryl methyl sites for hydroxylation is 2. The summed E-state index contributed by atoms with van der Waals surface area (Å²) in [5.41, 5.74) is 0. The number of hydrogen-bond donors (Lipinski definition) is 3. The van der Waals surface area contributed by atoms with Crippen molar-refractivity contribution >= 4 is 29.3 Å². The van der Waals surface area contributed by atoms with Gasteiger partial charge in [-0.15, -0.1) is 16.4 Å². The smallest absolute Gasteiger partial charge is 0.475 e. The highest BCUT2D eigenvalue weighted by molar-refractivity contribution is 7.09. The third-order valence-electron chi connectivity index (χ3n) is 2.75. The number of halogens is 3. The molecule has 13 heteroatoms. The van der Waals surface area contributed by atoms with Gasteiger partial charge in [-0.1, -0.05) is 6.92 Å². The van der Waals surface area contributed by atoms with Crippen LogP contribution in [-0.2, 0) is 24.7 Å². The molecule has 2 aromatic rings. The molecular weight excluding hydrogens is 377 g/mol. The van der Waals surface area contributed by atoms with Crippen LogP contribution in [0.4, 0.5) is 23.9 Å². The zero-order valence-corrected chi connectivity index (χ0v) is 14.7. The first-order valence-corrected chi connectivity index (χ1v) is 8.14. The first-order chi connectivity index (χ1) is 12.1. The average molecular weight is 394 g/mol. The number of carboxylic acids is 1. The van der Waals surface area contributed by atoms with Crippen molar-refractivity contribution in [2.45, 2.75) is 25.9 Å². The number of alkyl halides is 3. The van der Waals surface area contributed by atoms with E-state index in [4.69, 9.17) is 9.90 Å². The fraction of sp³-hybridized carbons (Fsp3) is 0.462. The van der Waals surface area contributed by atoms with Gasteiger partial charge < -0.3 is 10.4 Å². The Kier molecular flexibility index (Phi) is 7.96. The van der Waals surface area contributed by atoms with Gasteiger partial charge in [0.1, 0.15) is 5.82 Å².